The van der Waals surface area contributed by atoms with Crippen LogP contribution in [0.4, 0.5) is 0 Å². The second-order valence-electron chi connectivity index (χ2n) is 5.38. The molecule has 2 N–H and O–H groups in total. The molecule has 0 radical (unpaired) electrons. The number of nitrogens with one attached hydrogen (secondary N) is 2. The summed E-state index contributed by atoms with van der Waals surface area (Å²) in [6, 6.07) is 0.530. The number of carbonyl (C=O) groups is 1. The Balaban J connectivity index is 2.05. The van der Waals surface area contributed by atoms with E-state index < -0.39 is 5.41 Å². The predicted molar refractivity (Wildman–Crippen MR) is 64.3 cm³/mol. The van der Waals surface area contributed by atoms with Crippen LogP contribution in [-0.4, -0.2) is 38.3 Å². The molecule has 0 bridgehead atoms. The summed E-state index contributed by atoms with van der Waals surface area (Å²) in [4.78, 5) is 11.5. The van der Waals surface area contributed by atoms with E-state index in [1.807, 2.05) is 20.8 Å². The maximum atomic E-state index is 11.5. The largest absolute Gasteiger partial charge is 0.464 e. The SMILES string of the molecule is CC(C)(C)C(=O)OCCNC1CCCNC1. The Kier molecular flexibility index (Phi) is 5.22. The molecule has 1 aliphatic rings. The lowest BCUT2D eigenvalue weighted by atomic mass is 9.97. The van der Waals surface area contributed by atoms with E-state index in [1.54, 1.807) is 0 Å². The Hall–Kier alpha value is -0.610. The van der Waals surface area contributed by atoms with Crippen LogP contribution in [0.25, 0.3) is 0 Å². The van der Waals surface area contributed by atoms with E-state index in [0.29, 0.717) is 12.6 Å². The van der Waals surface area contributed by atoms with Crippen LogP contribution in [0.1, 0.15) is 33.6 Å². The fraction of sp³-hybridized carbons (Fsp3) is 0.917. The van der Waals surface area contributed by atoms with Crippen molar-refractivity contribution in [3.05, 3.63) is 0 Å². The minimum absolute atomic E-state index is 0.129. The molecular formula is C12H24N2O2. The molecule has 1 fully saturated rings. The van der Waals surface area contributed by atoms with Gasteiger partial charge in [0.25, 0.3) is 0 Å². The first-order valence-corrected chi connectivity index (χ1v) is 6.11. The van der Waals surface area contributed by atoms with Gasteiger partial charge in [0.05, 0.1) is 5.41 Å². The fourth-order valence-corrected chi connectivity index (χ4v) is 1.65. The van der Waals surface area contributed by atoms with Gasteiger partial charge in [0.15, 0.2) is 0 Å². The van der Waals surface area contributed by atoms with E-state index in [2.05, 4.69) is 10.6 Å². The van der Waals surface area contributed by atoms with Crippen LogP contribution in [0.5, 0.6) is 0 Å². The summed E-state index contributed by atoms with van der Waals surface area (Å²) in [6.45, 7) is 8.96. The Morgan fingerprint density at radius 2 is 2.25 bits per heavy atom. The summed E-state index contributed by atoms with van der Waals surface area (Å²) in [5.41, 5.74) is -0.396. The zero-order valence-corrected chi connectivity index (χ0v) is 10.6. The molecule has 1 heterocycles. The van der Waals surface area contributed by atoms with Crippen molar-refractivity contribution in [2.75, 3.05) is 26.2 Å². The van der Waals surface area contributed by atoms with Gasteiger partial charge >= 0.3 is 5.97 Å². The minimum Gasteiger partial charge on any atom is -0.464 e. The second kappa shape index (κ2) is 6.21. The smallest absolute Gasteiger partial charge is 0.311 e. The Bertz CT molecular complexity index is 218. The van der Waals surface area contributed by atoms with Gasteiger partial charge in [-0.15, -0.1) is 0 Å². The van der Waals surface area contributed by atoms with Crippen molar-refractivity contribution in [3.63, 3.8) is 0 Å². The van der Waals surface area contributed by atoms with Gasteiger partial charge in [0.1, 0.15) is 6.61 Å². The molecule has 0 aliphatic carbocycles. The number of rotatable bonds is 4. The molecule has 16 heavy (non-hydrogen) atoms. The van der Waals surface area contributed by atoms with Crippen LogP contribution < -0.4 is 10.6 Å². The van der Waals surface area contributed by atoms with Crippen LogP contribution >= 0.6 is 0 Å². The van der Waals surface area contributed by atoms with Crippen LogP contribution in [-0.2, 0) is 9.53 Å². The molecule has 0 aromatic heterocycles. The normalized spacial score (nSPS) is 21.8. The molecule has 0 spiro atoms. The molecule has 94 valence electrons. The van der Waals surface area contributed by atoms with Gasteiger partial charge in [-0.2, -0.15) is 0 Å². The first-order chi connectivity index (χ1) is 7.50. The monoisotopic (exact) mass is 228 g/mol. The summed E-state index contributed by atoms with van der Waals surface area (Å²) in [6.07, 6.45) is 2.43. The molecule has 4 nitrogen and oxygen atoms in total. The fourth-order valence-electron chi connectivity index (χ4n) is 1.65. The third kappa shape index (κ3) is 4.94. The van der Waals surface area contributed by atoms with Gasteiger partial charge in [0.2, 0.25) is 0 Å². The van der Waals surface area contributed by atoms with E-state index in [4.69, 9.17) is 4.74 Å². The highest BCUT2D eigenvalue weighted by Crippen LogP contribution is 2.14. The number of ether oxygens (including phenoxy) is 1. The summed E-state index contributed by atoms with van der Waals surface area (Å²) in [7, 11) is 0. The van der Waals surface area contributed by atoms with Crippen molar-refractivity contribution in [2.45, 2.75) is 39.7 Å². The van der Waals surface area contributed by atoms with Gasteiger partial charge in [0, 0.05) is 19.1 Å². The minimum atomic E-state index is -0.396. The van der Waals surface area contributed by atoms with Crippen molar-refractivity contribution in [1.82, 2.24) is 10.6 Å². The van der Waals surface area contributed by atoms with Crippen molar-refractivity contribution in [1.29, 1.82) is 0 Å². The van der Waals surface area contributed by atoms with Crippen LogP contribution in [0, 0.1) is 5.41 Å². The van der Waals surface area contributed by atoms with Crippen molar-refractivity contribution in [2.24, 2.45) is 5.41 Å². The number of piperidine rings is 1. The Morgan fingerprint density at radius 3 is 2.81 bits per heavy atom. The molecule has 1 atom stereocenters. The topological polar surface area (TPSA) is 50.4 Å². The van der Waals surface area contributed by atoms with Gasteiger partial charge in [-0.05, 0) is 40.2 Å². The van der Waals surface area contributed by atoms with Crippen molar-refractivity contribution < 1.29 is 9.53 Å². The van der Waals surface area contributed by atoms with E-state index in [0.717, 1.165) is 19.6 Å². The standard InChI is InChI=1S/C12H24N2O2/c1-12(2,3)11(15)16-8-7-14-10-5-4-6-13-9-10/h10,13-14H,4-9H2,1-3H3. The predicted octanol–water partition coefficient (Wildman–Crippen LogP) is 0.917. The lowest BCUT2D eigenvalue weighted by Gasteiger charge is -2.24. The first-order valence-electron chi connectivity index (χ1n) is 6.11. The Morgan fingerprint density at radius 1 is 1.50 bits per heavy atom. The molecule has 0 saturated carbocycles. The maximum absolute atomic E-state index is 11.5. The van der Waals surface area contributed by atoms with Gasteiger partial charge in [-0.25, -0.2) is 0 Å². The molecular weight excluding hydrogens is 204 g/mol. The third-order valence-electron chi connectivity index (χ3n) is 2.68. The quantitative estimate of drug-likeness (QED) is 0.555. The summed E-state index contributed by atoms with van der Waals surface area (Å²) in [5.74, 6) is -0.129. The van der Waals surface area contributed by atoms with E-state index in [9.17, 15) is 4.79 Å². The molecule has 0 aromatic carbocycles. The molecule has 4 heteroatoms. The molecule has 1 unspecified atom stereocenters. The summed E-state index contributed by atoms with van der Waals surface area (Å²) in [5, 5.41) is 6.73. The van der Waals surface area contributed by atoms with Gasteiger partial charge < -0.3 is 15.4 Å². The lowest BCUT2D eigenvalue weighted by molar-refractivity contribution is -0.152. The summed E-state index contributed by atoms with van der Waals surface area (Å²) < 4.78 is 5.18. The zero-order valence-electron chi connectivity index (χ0n) is 10.6. The van der Waals surface area contributed by atoms with Crippen LogP contribution in [0.2, 0.25) is 0 Å². The number of carbonyl (C=O) groups excluding carboxylic acids is 1. The van der Waals surface area contributed by atoms with Gasteiger partial charge in [-0.1, -0.05) is 0 Å². The molecule has 0 aromatic rings. The summed E-state index contributed by atoms with van der Waals surface area (Å²) >= 11 is 0. The average molecular weight is 228 g/mol. The molecule has 1 rings (SSSR count). The zero-order chi connectivity index (χ0) is 12.0. The van der Waals surface area contributed by atoms with Crippen molar-refractivity contribution in [3.8, 4) is 0 Å². The molecule has 1 saturated heterocycles. The van der Waals surface area contributed by atoms with E-state index in [1.165, 1.54) is 12.8 Å². The lowest BCUT2D eigenvalue weighted by Crippen LogP contribution is -2.44. The highest BCUT2D eigenvalue weighted by Gasteiger charge is 2.22. The van der Waals surface area contributed by atoms with Crippen LogP contribution in [0.3, 0.4) is 0 Å². The maximum Gasteiger partial charge on any atom is 0.311 e. The van der Waals surface area contributed by atoms with Crippen molar-refractivity contribution >= 4 is 5.97 Å². The number of hydrogen-bond donors (Lipinski definition) is 2. The number of esters is 1. The first kappa shape index (κ1) is 13.5. The number of hydrogen-bond acceptors (Lipinski definition) is 4. The third-order valence-corrected chi connectivity index (χ3v) is 2.68. The Labute approximate surface area is 98.1 Å². The van der Waals surface area contributed by atoms with Crippen LogP contribution in [0.15, 0.2) is 0 Å². The highest BCUT2D eigenvalue weighted by molar-refractivity contribution is 5.75. The van der Waals surface area contributed by atoms with Gasteiger partial charge in [-0.3, -0.25) is 4.79 Å². The molecule has 0 amide bonds. The molecule has 1 aliphatic heterocycles. The average Bonchev–Trinajstić information content (AvgIpc) is 2.24. The second-order valence-corrected chi connectivity index (χ2v) is 5.38. The van der Waals surface area contributed by atoms with E-state index >= 15 is 0 Å². The van der Waals surface area contributed by atoms with E-state index in [-0.39, 0.29) is 5.97 Å². The highest BCUT2D eigenvalue weighted by atomic mass is 16.5.